The minimum Gasteiger partial charge on any atom is -0.453 e. The van der Waals surface area contributed by atoms with Gasteiger partial charge >= 0.3 is 6.09 Å². The Balaban J connectivity index is 1.61. The third-order valence-electron chi connectivity index (χ3n) is 7.71. The van der Waals surface area contributed by atoms with Crippen LogP contribution in [0.15, 0.2) is 18.2 Å². The number of nitrogens with zero attached hydrogens (tertiary/aromatic N) is 1. The standard InChI is InChI=1S/C29H46ClN3O5/c1-4-31-25(17-22-7-6-15-37-20-22)11-12-27(34)33-14-5-8-23(19-33)28(38-16-13-32-29(35)36-3)26-18-24(30)10-9-21(26)2/h9-10,18,22-23,25,28,31H,4-8,11-17,19-20H2,1-3H3,(H,32,35)/t22-,23-,25-,28-/m1/s1. The average Bonchev–Trinajstić information content (AvgIpc) is 2.93. The van der Waals surface area contributed by atoms with Crippen molar-refractivity contribution in [1.82, 2.24) is 15.5 Å². The van der Waals surface area contributed by atoms with Crippen LogP contribution in [0.1, 0.15) is 69.1 Å². The summed E-state index contributed by atoms with van der Waals surface area (Å²) in [6, 6.07) is 6.19. The lowest BCUT2D eigenvalue weighted by Crippen LogP contribution is -2.43. The maximum absolute atomic E-state index is 13.3. The number of alkyl carbamates (subject to hydrolysis) is 1. The van der Waals surface area contributed by atoms with Gasteiger partial charge in [-0.25, -0.2) is 4.79 Å². The Morgan fingerprint density at radius 1 is 1.26 bits per heavy atom. The summed E-state index contributed by atoms with van der Waals surface area (Å²) < 4.78 is 16.7. The number of hydrogen-bond acceptors (Lipinski definition) is 6. The first-order valence-corrected chi connectivity index (χ1v) is 14.6. The number of carbonyl (C=O) groups is 2. The molecular weight excluding hydrogens is 506 g/mol. The van der Waals surface area contributed by atoms with Crippen molar-refractivity contribution in [3.8, 4) is 0 Å². The van der Waals surface area contributed by atoms with Crippen molar-refractivity contribution >= 4 is 23.6 Å². The van der Waals surface area contributed by atoms with Crippen LogP contribution in [0, 0.1) is 18.8 Å². The lowest BCUT2D eigenvalue weighted by molar-refractivity contribution is -0.134. The first-order valence-electron chi connectivity index (χ1n) is 14.2. The number of methoxy groups -OCH3 is 1. The minimum absolute atomic E-state index is 0.145. The fourth-order valence-electron chi connectivity index (χ4n) is 5.74. The van der Waals surface area contributed by atoms with Gasteiger partial charge in [0.1, 0.15) is 0 Å². The van der Waals surface area contributed by atoms with Crippen LogP contribution in [0.25, 0.3) is 0 Å². The van der Waals surface area contributed by atoms with Gasteiger partial charge < -0.3 is 29.7 Å². The van der Waals surface area contributed by atoms with Crippen molar-refractivity contribution in [2.75, 3.05) is 53.1 Å². The summed E-state index contributed by atoms with van der Waals surface area (Å²) in [6.45, 7) is 8.91. The van der Waals surface area contributed by atoms with E-state index in [0.717, 1.165) is 69.5 Å². The van der Waals surface area contributed by atoms with Crippen molar-refractivity contribution in [2.45, 2.75) is 70.9 Å². The predicted molar refractivity (Wildman–Crippen MR) is 149 cm³/mol. The van der Waals surface area contributed by atoms with E-state index in [1.165, 1.54) is 13.5 Å². The second-order valence-electron chi connectivity index (χ2n) is 10.6. The molecule has 3 rings (SSSR count). The SMILES string of the molecule is CCN[C@H](CCC(=O)N1CCC[C@@H]([C@@H](OCCNC(=O)OC)c2cc(Cl)ccc2C)C1)C[C@H]1CCCOC1. The maximum atomic E-state index is 13.3. The molecule has 1 aromatic carbocycles. The zero-order chi connectivity index (χ0) is 27.3. The van der Waals surface area contributed by atoms with Crippen LogP contribution in [0.5, 0.6) is 0 Å². The molecule has 9 heteroatoms. The molecule has 2 aliphatic rings. The summed E-state index contributed by atoms with van der Waals surface area (Å²) in [7, 11) is 1.34. The van der Waals surface area contributed by atoms with E-state index < -0.39 is 6.09 Å². The molecule has 0 saturated carbocycles. The molecule has 2 aliphatic heterocycles. The normalized spacial score (nSPS) is 21.5. The molecule has 214 valence electrons. The lowest BCUT2D eigenvalue weighted by atomic mass is 9.86. The van der Waals surface area contributed by atoms with Gasteiger partial charge in [-0.3, -0.25) is 4.79 Å². The highest BCUT2D eigenvalue weighted by atomic mass is 35.5. The molecule has 2 amide bonds. The number of carbonyl (C=O) groups excluding carboxylic acids is 2. The molecule has 8 nitrogen and oxygen atoms in total. The molecule has 4 atom stereocenters. The molecule has 38 heavy (non-hydrogen) atoms. The Morgan fingerprint density at radius 3 is 2.84 bits per heavy atom. The van der Waals surface area contributed by atoms with Crippen LogP contribution in [0.4, 0.5) is 4.79 Å². The highest BCUT2D eigenvalue weighted by Crippen LogP contribution is 2.36. The first kappa shape index (κ1) is 30.7. The van der Waals surface area contributed by atoms with E-state index in [0.29, 0.717) is 43.1 Å². The van der Waals surface area contributed by atoms with Crippen molar-refractivity contribution in [2.24, 2.45) is 11.8 Å². The number of rotatable bonds is 13. The molecule has 0 aliphatic carbocycles. The van der Waals surface area contributed by atoms with Crippen LogP contribution < -0.4 is 10.6 Å². The molecule has 1 aromatic rings. The summed E-state index contributed by atoms with van der Waals surface area (Å²) >= 11 is 6.36. The van der Waals surface area contributed by atoms with E-state index in [-0.39, 0.29) is 17.9 Å². The number of benzene rings is 1. The Kier molecular flexibility index (Phi) is 13.1. The quantitative estimate of drug-likeness (QED) is 0.340. The van der Waals surface area contributed by atoms with Gasteiger partial charge in [-0.2, -0.15) is 0 Å². The van der Waals surface area contributed by atoms with Gasteiger partial charge in [-0.1, -0.05) is 24.6 Å². The van der Waals surface area contributed by atoms with Crippen molar-refractivity contribution in [1.29, 1.82) is 0 Å². The van der Waals surface area contributed by atoms with E-state index in [1.54, 1.807) is 0 Å². The van der Waals surface area contributed by atoms with E-state index in [1.807, 2.05) is 23.1 Å². The average molecular weight is 552 g/mol. The van der Waals surface area contributed by atoms with Gasteiger partial charge in [0, 0.05) is 56.3 Å². The highest BCUT2D eigenvalue weighted by Gasteiger charge is 2.32. The zero-order valence-electron chi connectivity index (χ0n) is 23.3. The van der Waals surface area contributed by atoms with E-state index in [4.69, 9.17) is 21.1 Å². The second kappa shape index (κ2) is 16.3. The number of aryl methyl sites for hydroxylation is 1. The fourth-order valence-corrected chi connectivity index (χ4v) is 5.92. The third-order valence-corrected chi connectivity index (χ3v) is 7.95. The Morgan fingerprint density at radius 2 is 2.11 bits per heavy atom. The minimum atomic E-state index is -0.481. The molecule has 2 fully saturated rings. The summed E-state index contributed by atoms with van der Waals surface area (Å²) in [5.41, 5.74) is 2.14. The molecule has 0 radical (unpaired) electrons. The number of likely N-dealkylation sites (tertiary alicyclic amines) is 1. The topological polar surface area (TPSA) is 89.1 Å². The van der Waals surface area contributed by atoms with Gasteiger partial charge in [-0.15, -0.1) is 0 Å². The molecule has 0 bridgehead atoms. The van der Waals surface area contributed by atoms with E-state index >= 15 is 0 Å². The van der Waals surface area contributed by atoms with Crippen molar-refractivity contribution in [3.63, 3.8) is 0 Å². The largest absolute Gasteiger partial charge is 0.453 e. The summed E-state index contributed by atoms with van der Waals surface area (Å²) in [6.07, 6.45) is 6.00. The van der Waals surface area contributed by atoms with Crippen molar-refractivity contribution < 1.29 is 23.8 Å². The number of hydrogen-bond donors (Lipinski definition) is 2. The number of ether oxygens (including phenoxy) is 3. The summed E-state index contributed by atoms with van der Waals surface area (Å²) in [5.74, 6) is 0.938. The van der Waals surface area contributed by atoms with Gasteiger partial charge in [0.2, 0.25) is 5.91 Å². The van der Waals surface area contributed by atoms with Crippen LogP contribution in [-0.2, 0) is 19.0 Å². The molecule has 0 spiro atoms. The Hall–Kier alpha value is -1.87. The summed E-state index contributed by atoms with van der Waals surface area (Å²) in [4.78, 5) is 26.8. The lowest BCUT2D eigenvalue weighted by Gasteiger charge is -2.38. The number of nitrogens with one attached hydrogen (secondary N) is 2. The van der Waals surface area contributed by atoms with Gasteiger partial charge in [-0.05, 0) is 81.2 Å². The van der Waals surface area contributed by atoms with Crippen LogP contribution in [0.2, 0.25) is 5.02 Å². The van der Waals surface area contributed by atoms with Crippen LogP contribution in [-0.4, -0.2) is 76.1 Å². The number of piperidine rings is 1. The van der Waals surface area contributed by atoms with E-state index in [9.17, 15) is 9.59 Å². The maximum Gasteiger partial charge on any atom is 0.406 e. The van der Waals surface area contributed by atoms with Gasteiger partial charge in [0.25, 0.3) is 0 Å². The van der Waals surface area contributed by atoms with Crippen LogP contribution >= 0.6 is 11.6 Å². The molecule has 2 heterocycles. The molecule has 2 N–H and O–H groups in total. The zero-order valence-corrected chi connectivity index (χ0v) is 24.1. The number of halogens is 1. The van der Waals surface area contributed by atoms with E-state index in [2.05, 4.69) is 29.2 Å². The predicted octanol–water partition coefficient (Wildman–Crippen LogP) is 4.88. The van der Waals surface area contributed by atoms with Crippen LogP contribution in [0.3, 0.4) is 0 Å². The summed E-state index contributed by atoms with van der Waals surface area (Å²) in [5, 5.41) is 6.92. The molecule has 0 unspecified atom stereocenters. The highest BCUT2D eigenvalue weighted by molar-refractivity contribution is 6.30. The van der Waals surface area contributed by atoms with Crippen molar-refractivity contribution in [3.05, 3.63) is 34.3 Å². The molecule has 0 aromatic heterocycles. The molecular formula is C29H46ClN3O5. The molecule has 2 saturated heterocycles. The smallest absolute Gasteiger partial charge is 0.406 e. The number of amides is 2. The fraction of sp³-hybridized carbons (Fsp3) is 0.724. The van der Waals surface area contributed by atoms with Gasteiger partial charge in [0.05, 0.1) is 19.8 Å². The Labute approximate surface area is 233 Å². The monoisotopic (exact) mass is 551 g/mol. The third kappa shape index (κ3) is 9.70. The second-order valence-corrected chi connectivity index (χ2v) is 11.0. The van der Waals surface area contributed by atoms with Gasteiger partial charge in [0.15, 0.2) is 0 Å². The Bertz CT molecular complexity index is 880. The first-order chi connectivity index (χ1) is 18.4.